The van der Waals surface area contributed by atoms with Gasteiger partial charge in [0.2, 0.25) is 5.91 Å². The molecule has 2 rings (SSSR count). The Hall–Kier alpha value is -2.80. The van der Waals surface area contributed by atoms with Crippen LogP contribution >= 0.6 is 11.8 Å². The molecule has 1 atom stereocenters. The van der Waals surface area contributed by atoms with Crippen LogP contribution in [-0.4, -0.2) is 38.0 Å². The Bertz CT molecular complexity index is 738. The lowest BCUT2D eigenvalue weighted by molar-refractivity contribution is -0.148. The fourth-order valence-electron chi connectivity index (χ4n) is 2.05. The highest BCUT2D eigenvalue weighted by Gasteiger charge is 2.24. The number of nitrogens with one attached hydrogen (secondary N) is 2. The summed E-state index contributed by atoms with van der Waals surface area (Å²) in [5, 5.41) is 4.18. The molecule has 0 unspecified atom stereocenters. The van der Waals surface area contributed by atoms with Crippen LogP contribution in [0.2, 0.25) is 0 Å². The van der Waals surface area contributed by atoms with Gasteiger partial charge in [-0.1, -0.05) is 48.5 Å². The number of esters is 1. The SMILES string of the molecule is CNC(=O)CNC(=O)COC(=O)[C@H](Sc1ccccc1)c1ccccc1. The third-order valence-corrected chi connectivity index (χ3v) is 4.63. The maximum absolute atomic E-state index is 12.5. The van der Waals surface area contributed by atoms with Gasteiger partial charge in [-0.2, -0.15) is 0 Å². The van der Waals surface area contributed by atoms with E-state index in [1.54, 1.807) is 0 Å². The van der Waals surface area contributed by atoms with E-state index in [9.17, 15) is 14.4 Å². The number of carbonyl (C=O) groups is 3. The van der Waals surface area contributed by atoms with Crippen LogP contribution in [-0.2, 0) is 19.1 Å². The molecule has 0 bridgehead atoms. The fourth-order valence-corrected chi connectivity index (χ4v) is 3.09. The smallest absolute Gasteiger partial charge is 0.324 e. The van der Waals surface area contributed by atoms with Crippen molar-refractivity contribution in [2.24, 2.45) is 0 Å². The highest BCUT2D eigenvalue weighted by atomic mass is 32.2. The minimum Gasteiger partial charge on any atom is -0.454 e. The van der Waals surface area contributed by atoms with Crippen LogP contribution in [0.4, 0.5) is 0 Å². The molecule has 0 saturated heterocycles. The van der Waals surface area contributed by atoms with E-state index in [1.165, 1.54) is 18.8 Å². The number of benzene rings is 2. The first-order valence-electron chi connectivity index (χ1n) is 8.00. The maximum Gasteiger partial charge on any atom is 0.324 e. The zero-order valence-corrected chi connectivity index (χ0v) is 15.1. The summed E-state index contributed by atoms with van der Waals surface area (Å²) in [6.07, 6.45) is 0. The molecule has 0 heterocycles. The predicted molar refractivity (Wildman–Crippen MR) is 99.5 cm³/mol. The van der Waals surface area contributed by atoms with E-state index in [0.29, 0.717) is 0 Å². The first-order chi connectivity index (χ1) is 12.6. The Balaban J connectivity index is 1.99. The minimum atomic E-state index is -0.592. The van der Waals surface area contributed by atoms with Gasteiger partial charge in [0.1, 0.15) is 5.25 Å². The lowest BCUT2D eigenvalue weighted by Crippen LogP contribution is -2.37. The molecular weight excluding hydrogens is 352 g/mol. The molecule has 0 spiro atoms. The summed E-state index contributed by atoms with van der Waals surface area (Å²) in [7, 11) is 1.47. The third kappa shape index (κ3) is 6.25. The first kappa shape index (κ1) is 19.5. The Morgan fingerprint density at radius 1 is 0.962 bits per heavy atom. The van der Waals surface area contributed by atoms with Crippen LogP contribution in [0.15, 0.2) is 65.6 Å². The zero-order chi connectivity index (χ0) is 18.8. The van der Waals surface area contributed by atoms with Gasteiger partial charge in [-0.05, 0) is 17.7 Å². The van der Waals surface area contributed by atoms with Gasteiger partial charge in [0, 0.05) is 11.9 Å². The van der Waals surface area contributed by atoms with Gasteiger partial charge >= 0.3 is 5.97 Å². The largest absolute Gasteiger partial charge is 0.454 e. The first-order valence-corrected chi connectivity index (χ1v) is 8.88. The number of ether oxygens (including phenoxy) is 1. The predicted octanol–water partition coefficient (Wildman–Crippen LogP) is 1.93. The van der Waals surface area contributed by atoms with E-state index >= 15 is 0 Å². The van der Waals surface area contributed by atoms with Gasteiger partial charge in [0.15, 0.2) is 6.61 Å². The molecule has 0 aliphatic heterocycles. The van der Waals surface area contributed by atoms with Gasteiger partial charge in [0.05, 0.1) is 6.54 Å². The molecule has 0 saturated carbocycles. The standard InChI is InChI=1S/C19H20N2O4S/c1-20-16(22)12-21-17(23)13-25-19(24)18(14-8-4-2-5-9-14)26-15-10-6-3-7-11-15/h2-11,18H,12-13H2,1H3,(H,20,22)(H,21,23)/t18-/m1/s1. The fraction of sp³-hybridized carbons (Fsp3) is 0.211. The van der Waals surface area contributed by atoms with Crippen LogP contribution < -0.4 is 10.6 Å². The summed E-state index contributed by atoms with van der Waals surface area (Å²) >= 11 is 1.35. The van der Waals surface area contributed by atoms with Crippen LogP contribution in [0.1, 0.15) is 10.8 Å². The minimum absolute atomic E-state index is 0.159. The number of hydrogen-bond donors (Lipinski definition) is 2. The number of rotatable bonds is 8. The third-order valence-electron chi connectivity index (χ3n) is 3.38. The molecule has 2 amide bonds. The summed E-state index contributed by atoms with van der Waals surface area (Å²) in [4.78, 5) is 36.3. The Kier molecular flexibility index (Phi) is 7.70. The van der Waals surface area contributed by atoms with Crippen molar-refractivity contribution in [3.8, 4) is 0 Å². The van der Waals surface area contributed by atoms with Gasteiger partial charge in [-0.3, -0.25) is 14.4 Å². The number of amides is 2. The highest BCUT2D eigenvalue weighted by molar-refractivity contribution is 8.00. The zero-order valence-electron chi connectivity index (χ0n) is 14.3. The lowest BCUT2D eigenvalue weighted by Gasteiger charge is -2.16. The quantitative estimate of drug-likeness (QED) is 0.546. The monoisotopic (exact) mass is 372 g/mol. The van der Waals surface area contributed by atoms with Crippen LogP contribution in [0, 0.1) is 0 Å². The van der Waals surface area contributed by atoms with E-state index < -0.39 is 23.7 Å². The molecule has 2 N–H and O–H groups in total. The molecule has 0 aliphatic carbocycles. The van der Waals surface area contributed by atoms with Crippen LogP contribution in [0.25, 0.3) is 0 Å². The number of likely N-dealkylation sites (N-methyl/N-ethyl adjacent to an activating group) is 1. The van der Waals surface area contributed by atoms with Crippen LogP contribution in [0.3, 0.4) is 0 Å². The molecular formula is C19H20N2O4S. The molecule has 0 aromatic heterocycles. The van der Waals surface area contributed by atoms with E-state index in [0.717, 1.165) is 10.5 Å². The van der Waals surface area contributed by atoms with E-state index in [-0.39, 0.29) is 12.5 Å². The second-order valence-electron chi connectivity index (χ2n) is 5.28. The van der Waals surface area contributed by atoms with Crippen molar-refractivity contribution in [2.45, 2.75) is 10.1 Å². The Labute approximate surface area is 156 Å². The van der Waals surface area contributed by atoms with Crippen LogP contribution in [0.5, 0.6) is 0 Å². The molecule has 0 radical (unpaired) electrons. The molecule has 0 aliphatic rings. The number of carbonyl (C=O) groups excluding carboxylic acids is 3. The highest BCUT2D eigenvalue weighted by Crippen LogP contribution is 2.36. The lowest BCUT2D eigenvalue weighted by atomic mass is 10.1. The second-order valence-corrected chi connectivity index (χ2v) is 6.46. The Morgan fingerprint density at radius 3 is 2.19 bits per heavy atom. The van der Waals surface area contributed by atoms with Gasteiger partial charge in [-0.15, -0.1) is 11.8 Å². The second kappa shape index (κ2) is 10.2. The average Bonchev–Trinajstić information content (AvgIpc) is 2.69. The molecule has 0 fully saturated rings. The average molecular weight is 372 g/mol. The van der Waals surface area contributed by atoms with Gasteiger partial charge in [-0.25, -0.2) is 0 Å². The molecule has 136 valence electrons. The van der Waals surface area contributed by atoms with Crippen molar-refractivity contribution in [3.63, 3.8) is 0 Å². The Morgan fingerprint density at radius 2 is 1.58 bits per heavy atom. The van der Waals surface area contributed by atoms with E-state index in [2.05, 4.69) is 10.6 Å². The summed E-state index contributed by atoms with van der Waals surface area (Å²) in [6.45, 7) is -0.595. The number of thioether (sulfide) groups is 1. The molecule has 2 aromatic carbocycles. The molecule has 2 aromatic rings. The van der Waals surface area contributed by atoms with Crippen molar-refractivity contribution >= 4 is 29.5 Å². The van der Waals surface area contributed by atoms with Crippen molar-refractivity contribution < 1.29 is 19.1 Å². The van der Waals surface area contributed by atoms with Crippen molar-refractivity contribution in [1.82, 2.24) is 10.6 Å². The summed E-state index contributed by atoms with van der Waals surface area (Å²) < 4.78 is 5.16. The summed E-state index contributed by atoms with van der Waals surface area (Å²) in [6, 6.07) is 18.7. The molecule has 26 heavy (non-hydrogen) atoms. The summed E-state index contributed by atoms with van der Waals surface area (Å²) in [5.41, 5.74) is 0.789. The van der Waals surface area contributed by atoms with Gasteiger partial charge < -0.3 is 15.4 Å². The van der Waals surface area contributed by atoms with Crippen molar-refractivity contribution in [2.75, 3.05) is 20.2 Å². The molecule has 7 heteroatoms. The normalized spacial score (nSPS) is 11.3. The van der Waals surface area contributed by atoms with Crippen molar-refractivity contribution in [1.29, 1.82) is 0 Å². The van der Waals surface area contributed by atoms with E-state index in [4.69, 9.17) is 4.74 Å². The molecule has 6 nitrogen and oxygen atoms in total. The maximum atomic E-state index is 12.5. The van der Waals surface area contributed by atoms with E-state index in [1.807, 2.05) is 60.7 Å². The van der Waals surface area contributed by atoms with Crippen molar-refractivity contribution in [3.05, 3.63) is 66.2 Å². The summed E-state index contributed by atoms with van der Waals surface area (Å²) in [5.74, 6) is -1.37. The topological polar surface area (TPSA) is 84.5 Å². The number of hydrogen-bond acceptors (Lipinski definition) is 5. The van der Waals surface area contributed by atoms with Gasteiger partial charge in [0.25, 0.3) is 5.91 Å².